The Kier molecular flexibility index (Phi) is 3.51. The summed E-state index contributed by atoms with van der Waals surface area (Å²) in [6.07, 6.45) is 0. The van der Waals surface area contributed by atoms with Gasteiger partial charge in [0.2, 0.25) is 0 Å². The lowest BCUT2D eigenvalue weighted by Gasteiger charge is -2.10. The number of hydrogen-bond acceptors (Lipinski definition) is 2. The Morgan fingerprint density at radius 2 is 1.95 bits per heavy atom. The standard InChI is InChI=1S/C16H13BrN2O2/c1-11-8-12-4-2-3-5-16(12)18(11)10-13-6-7-14(19(20)21)9-15(13)17/h2-9H,10H2,1H3. The van der Waals surface area contributed by atoms with Crippen molar-refractivity contribution in [2.45, 2.75) is 13.5 Å². The second kappa shape index (κ2) is 5.33. The van der Waals surface area contributed by atoms with Gasteiger partial charge in [-0.2, -0.15) is 0 Å². The quantitative estimate of drug-likeness (QED) is 0.512. The van der Waals surface area contributed by atoms with E-state index in [4.69, 9.17) is 0 Å². The van der Waals surface area contributed by atoms with Crippen LogP contribution in [-0.4, -0.2) is 9.49 Å². The van der Waals surface area contributed by atoms with Gasteiger partial charge in [-0.25, -0.2) is 0 Å². The summed E-state index contributed by atoms with van der Waals surface area (Å²) in [6, 6.07) is 15.3. The minimum atomic E-state index is -0.384. The molecular formula is C16H13BrN2O2. The van der Waals surface area contributed by atoms with Crippen molar-refractivity contribution in [3.63, 3.8) is 0 Å². The topological polar surface area (TPSA) is 48.1 Å². The molecule has 0 atom stereocenters. The summed E-state index contributed by atoms with van der Waals surface area (Å²) >= 11 is 3.43. The third kappa shape index (κ3) is 2.56. The molecule has 0 fully saturated rings. The first-order valence-corrected chi connectivity index (χ1v) is 7.33. The van der Waals surface area contributed by atoms with Crippen LogP contribution in [-0.2, 0) is 6.54 Å². The first-order chi connectivity index (χ1) is 10.1. The molecule has 0 aliphatic carbocycles. The zero-order chi connectivity index (χ0) is 15.0. The summed E-state index contributed by atoms with van der Waals surface area (Å²) < 4.78 is 2.97. The Morgan fingerprint density at radius 3 is 2.67 bits per heavy atom. The van der Waals surface area contributed by atoms with Gasteiger partial charge in [0, 0.05) is 34.4 Å². The zero-order valence-corrected chi connectivity index (χ0v) is 13.0. The normalized spacial score (nSPS) is 11.0. The number of rotatable bonds is 3. The van der Waals surface area contributed by atoms with E-state index in [1.165, 1.54) is 16.6 Å². The van der Waals surface area contributed by atoms with Gasteiger partial charge in [0.05, 0.1) is 4.92 Å². The number of halogens is 1. The van der Waals surface area contributed by atoms with Crippen LogP contribution in [0.25, 0.3) is 10.9 Å². The molecule has 2 aromatic carbocycles. The number of nitrogens with zero attached hydrogens (tertiary/aromatic N) is 2. The average molecular weight is 345 g/mol. The van der Waals surface area contributed by atoms with Crippen LogP contribution in [0.1, 0.15) is 11.3 Å². The van der Waals surface area contributed by atoms with Crippen LogP contribution in [0.5, 0.6) is 0 Å². The average Bonchev–Trinajstić information content (AvgIpc) is 2.77. The van der Waals surface area contributed by atoms with E-state index < -0.39 is 0 Å². The Morgan fingerprint density at radius 1 is 1.19 bits per heavy atom. The van der Waals surface area contributed by atoms with E-state index in [0.717, 1.165) is 10.0 Å². The van der Waals surface area contributed by atoms with Crippen molar-refractivity contribution in [3.05, 3.63) is 74.4 Å². The lowest BCUT2D eigenvalue weighted by atomic mass is 10.2. The summed E-state index contributed by atoms with van der Waals surface area (Å²) in [7, 11) is 0. The summed E-state index contributed by atoms with van der Waals surface area (Å²) in [5.74, 6) is 0. The van der Waals surface area contributed by atoms with Gasteiger partial charge >= 0.3 is 0 Å². The number of non-ortho nitro benzene ring substituents is 1. The Hall–Kier alpha value is -2.14. The summed E-state index contributed by atoms with van der Waals surface area (Å²) in [5.41, 5.74) is 3.45. The highest BCUT2D eigenvalue weighted by Crippen LogP contribution is 2.26. The maximum absolute atomic E-state index is 10.8. The molecule has 0 saturated heterocycles. The molecule has 0 saturated carbocycles. The van der Waals surface area contributed by atoms with Gasteiger partial charge in [0.1, 0.15) is 0 Å². The van der Waals surface area contributed by atoms with E-state index in [1.54, 1.807) is 18.2 Å². The van der Waals surface area contributed by atoms with Crippen LogP contribution < -0.4 is 0 Å². The smallest absolute Gasteiger partial charge is 0.270 e. The maximum atomic E-state index is 10.8. The second-order valence-corrected chi connectivity index (χ2v) is 5.82. The summed E-state index contributed by atoms with van der Waals surface area (Å²) in [6.45, 7) is 2.75. The molecule has 0 unspecified atom stereocenters. The highest BCUT2D eigenvalue weighted by Gasteiger charge is 2.11. The number of hydrogen-bond donors (Lipinski definition) is 0. The molecule has 4 nitrogen and oxygen atoms in total. The van der Waals surface area contributed by atoms with E-state index in [9.17, 15) is 10.1 Å². The lowest BCUT2D eigenvalue weighted by Crippen LogP contribution is -2.02. The Balaban J connectivity index is 2.03. The molecular weight excluding hydrogens is 332 g/mol. The third-order valence-electron chi connectivity index (χ3n) is 3.59. The maximum Gasteiger partial charge on any atom is 0.270 e. The number of nitro groups is 1. The van der Waals surface area contributed by atoms with Crippen molar-refractivity contribution in [2.24, 2.45) is 0 Å². The fraction of sp³-hybridized carbons (Fsp3) is 0.125. The van der Waals surface area contributed by atoms with Gasteiger partial charge in [-0.3, -0.25) is 10.1 Å². The number of aromatic nitrogens is 1. The molecule has 5 heteroatoms. The molecule has 0 spiro atoms. The van der Waals surface area contributed by atoms with Crippen molar-refractivity contribution < 1.29 is 4.92 Å². The largest absolute Gasteiger partial charge is 0.340 e. The van der Waals surface area contributed by atoms with Crippen molar-refractivity contribution in [3.8, 4) is 0 Å². The van der Waals surface area contributed by atoms with Crippen molar-refractivity contribution in [1.82, 2.24) is 4.57 Å². The number of benzene rings is 2. The molecule has 3 rings (SSSR count). The molecule has 0 radical (unpaired) electrons. The summed E-state index contributed by atoms with van der Waals surface area (Å²) in [4.78, 5) is 10.4. The van der Waals surface area contributed by atoms with E-state index in [2.05, 4.69) is 45.6 Å². The molecule has 1 heterocycles. The van der Waals surface area contributed by atoms with E-state index in [1.807, 2.05) is 12.1 Å². The van der Waals surface area contributed by atoms with Gasteiger partial charge in [0.25, 0.3) is 5.69 Å². The third-order valence-corrected chi connectivity index (χ3v) is 4.33. The minimum absolute atomic E-state index is 0.0970. The van der Waals surface area contributed by atoms with Gasteiger partial charge < -0.3 is 4.57 Å². The molecule has 106 valence electrons. The van der Waals surface area contributed by atoms with Crippen LogP contribution in [0.2, 0.25) is 0 Å². The van der Waals surface area contributed by atoms with Crippen LogP contribution in [0.3, 0.4) is 0 Å². The molecule has 0 N–H and O–H groups in total. The first-order valence-electron chi connectivity index (χ1n) is 6.54. The number of nitro benzene ring substituents is 1. The molecule has 0 amide bonds. The molecule has 3 aromatic rings. The fourth-order valence-electron chi connectivity index (χ4n) is 2.51. The van der Waals surface area contributed by atoms with Crippen LogP contribution in [0.4, 0.5) is 5.69 Å². The summed E-state index contributed by atoms with van der Waals surface area (Å²) in [5, 5.41) is 12.0. The van der Waals surface area contributed by atoms with Crippen molar-refractivity contribution in [2.75, 3.05) is 0 Å². The van der Waals surface area contributed by atoms with Crippen molar-refractivity contribution in [1.29, 1.82) is 0 Å². The van der Waals surface area contributed by atoms with Gasteiger partial charge in [-0.15, -0.1) is 0 Å². The first kappa shape index (κ1) is 13.8. The SMILES string of the molecule is Cc1cc2ccccc2n1Cc1ccc([N+](=O)[O-])cc1Br. The van der Waals surface area contributed by atoms with Crippen LogP contribution in [0, 0.1) is 17.0 Å². The van der Waals surface area contributed by atoms with Gasteiger partial charge in [0.15, 0.2) is 0 Å². The second-order valence-electron chi connectivity index (χ2n) is 4.96. The fourth-order valence-corrected chi connectivity index (χ4v) is 3.00. The minimum Gasteiger partial charge on any atom is -0.340 e. The Bertz CT molecular complexity index is 839. The highest BCUT2D eigenvalue weighted by atomic mass is 79.9. The monoisotopic (exact) mass is 344 g/mol. The molecule has 0 aliphatic heterocycles. The number of aryl methyl sites for hydroxylation is 1. The zero-order valence-electron chi connectivity index (χ0n) is 11.4. The molecule has 0 aliphatic rings. The Labute approximate surface area is 130 Å². The molecule has 0 bridgehead atoms. The number of fused-ring (bicyclic) bond motifs is 1. The predicted octanol–water partition coefficient (Wildman–Crippen LogP) is 4.67. The lowest BCUT2D eigenvalue weighted by molar-refractivity contribution is -0.384. The van der Waals surface area contributed by atoms with Gasteiger partial charge in [-0.05, 0) is 36.1 Å². The number of para-hydroxylation sites is 1. The van der Waals surface area contributed by atoms with E-state index in [-0.39, 0.29) is 10.6 Å². The van der Waals surface area contributed by atoms with Crippen LogP contribution >= 0.6 is 15.9 Å². The highest BCUT2D eigenvalue weighted by molar-refractivity contribution is 9.10. The predicted molar refractivity (Wildman–Crippen MR) is 86.6 cm³/mol. The molecule has 21 heavy (non-hydrogen) atoms. The van der Waals surface area contributed by atoms with Crippen LogP contribution in [0.15, 0.2) is 53.0 Å². The van der Waals surface area contributed by atoms with Crippen molar-refractivity contribution >= 4 is 32.5 Å². The molecule has 1 aromatic heterocycles. The van der Waals surface area contributed by atoms with E-state index >= 15 is 0 Å². The van der Waals surface area contributed by atoms with Gasteiger partial charge in [-0.1, -0.05) is 34.1 Å². The van der Waals surface area contributed by atoms with E-state index in [0.29, 0.717) is 6.54 Å².